The zero-order valence-electron chi connectivity index (χ0n) is 10.2. The second-order valence-corrected chi connectivity index (χ2v) is 3.78. The van der Waals surface area contributed by atoms with Crippen LogP contribution in [0.3, 0.4) is 0 Å². The Morgan fingerprint density at radius 1 is 1.39 bits per heavy atom. The highest BCUT2D eigenvalue weighted by Crippen LogP contribution is 2.21. The minimum Gasteiger partial charge on any atom is -0.494 e. The number of esters is 1. The smallest absolute Gasteiger partial charge is 0.322 e. The maximum Gasteiger partial charge on any atom is 0.322 e. The highest BCUT2D eigenvalue weighted by atomic mass is 19.1. The van der Waals surface area contributed by atoms with Gasteiger partial charge in [0.25, 0.3) is 0 Å². The molecule has 0 spiro atoms. The molecule has 0 saturated heterocycles. The third-order valence-corrected chi connectivity index (χ3v) is 2.31. The molecule has 0 aliphatic rings. The van der Waals surface area contributed by atoms with Crippen LogP contribution in [-0.2, 0) is 16.0 Å². The first-order chi connectivity index (χ1) is 8.45. The topological polar surface area (TPSA) is 61.5 Å². The molecule has 6 heteroatoms. The quantitative estimate of drug-likeness (QED) is 0.812. The number of halogens is 2. The number of rotatable bonds is 5. The van der Waals surface area contributed by atoms with Gasteiger partial charge in [-0.3, -0.25) is 4.79 Å². The van der Waals surface area contributed by atoms with E-state index in [1.165, 1.54) is 14.0 Å². The minimum absolute atomic E-state index is 0.0525. The second-order valence-electron chi connectivity index (χ2n) is 3.78. The first-order valence-corrected chi connectivity index (χ1v) is 5.39. The summed E-state index contributed by atoms with van der Waals surface area (Å²) in [5.41, 5.74) is 5.40. The zero-order valence-corrected chi connectivity index (χ0v) is 10.2. The van der Waals surface area contributed by atoms with Crippen LogP contribution in [-0.4, -0.2) is 25.7 Å². The van der Waals surface area contributed by atoms with Crippen molar-refractivity contribution in [3.8, 4) is 5.75 Å². The molecule has 1 unspecified atom stereocenters. The highest BCUT2D eigenvalue weighted by molar-refractivity contribution is 5.74. The summed E-state index contributed by atoms with van der Waals surface area (Å²) in [4.78, 5) is 11.1. The van der Waals surface area contributed by atoms with E-state index in [1.807, 2.05) is 0 Å². The van der Waals surface area contributed by atoms with Crippen LogP contribution in [0.4, 0.5) is 8.78 Å². The number of benzene rings is 1. The van der Waals surface area contributed by atoms with E-state index in [-0.39, 0.29) is 24.3 Å². The molecule has 0 heterocycles. The fourth-order valence-electron chi connectivity index (χ4n) is 1.31. The predicted molar refractivity (Wildman–Crippen MR) is 61.2 cm³/mol. The van der Waals surface area contributed by atoms with Crippen molar-refractivity contribution in [1.29, 1.82) is 0 Å². The van der Waals surface area contributed by atoms with Crippen molar-refractivity contribution in [2.24, 2.45) is 5.73 Å². The molecule has 0 aliphatic heterocycles. The molecule has 100 valence electrons. The number of carbonyl (C=O) groups is 1. The minimum atomic E-state index is -0.734. The number of ether oxygens (including phenoxy) is 2. The Labute approximate surface area is 104 Å². The molecule has 1 aromatic carbocycles. The maximum absolute atomic E-state index is 13.5. The summed E-state index contributed by atoms with van der Waals surface area (Å²) in [7, 11) is 1.25. The fourth-order valence-corrected chi connectivity index (χ4v) is 1.31. The van der Waals surface area contributed by atoms with E-state index >= 15 is 0 Å². The van der Waals surface area contributed by atoms with Crippen molar-refractivity contribution in [2.75, 3.05) is 13.7 Å². The Morgan fingerprint density at radius 3 is 2.61 bits per heavy atom. The van der Waals surface area contributed by atoms with Crippen LogP contribution >= 0.6 is 0 Å². The van der Waals surface area contributed by atoms with Gasteiger partial charge in [0, 0.05) is 12.5 Å². The first kappa shape index (κ1) is 14.4. The third kappa shape index (κ3) is 3.66. The molecule has 1 atom stereocenters. The number of hydrogen-bond acceptors (Lipinski definition) is 4. The summed E-state index contributed by atoms with van der Waals surface area (Å²) in [6, 6.07) is 1.24. The van der Waals surface area contributed by atoms with Gasteiger partial charge in [-0.05, 0) is 18.6 Å². The molecular formula is C12H15F2NO3. The summed E-state index contributed by atoms with van der Waals surface area (Å²) < 4.78 is 36.2. The maximum atomic E-state index is 13.5. The summed E-state index contributed by atoms with van der Waals surface area (Å²) in [5, 5.41) is 0. The van der Waals surface area contributed by atoms with Gasteiger partial charge >= 0.3 is 5.97 Å². The van der Waals surface area contributed by atoms with Crippen LogP contribution in [0.25, 0.3) is 0 Å². The molecule has 0 aliphatic carbocycles. The monoisotopic (exact) mass is 259 g/mol. The van der Waals surface area contributed by atoms with Gasteiger partial charge in [0.15, 0.2) is 11.6 Å². The Balaban J connectivity index is 2.63. The van der Waals surface area contributed by atoms with Gasteiger partial charge < -0.3 is 15.2 Å². The molecular weight excluding hydrogens is 244 g/mol. The number of methoxy groups -OCH3 is 1. The van der Waals surface area contributed by atoms with Gasteiger partial charge in [0.05, 0.1) is 13.7 Å². The SMILES string of the molecule is COc1cc(F)c(CCOC(=O)C(C)N)cc1F. The van der Waals surface area contributed by atoms with Crippen LogP contribution in [0, 0.1) is 11.6 Å². The van der Waals surface area contributed by atoms with E-state index in [0.717, 1.165) is 12.1 Å². The molecule has 1 aromatic rings. The van der Waals surface area contributed by atoms with E-state index in [0.29, 0.717) is 0 Å². The Hall–Kier alpha value is -1.69. The number of hydrogen-bond donors (Lipinski definition) is 1. The van der Waals surface area contributed by atoms with Gasteiger partial charge in [-0.2, -0.15) is 0 Å². The molecule has 0 saturated carbocycles. The standard InChI is InChI=1S/C12H15F2NO3/c1-7(15)12(16)18-4-3-8-5-10(14)11(17-2)6-9(8)13/h5-7H,3-4,15H2,1-2H3. The fraction of sp³-hybridized carbons (Fsp3) is 0.417. The lowest BCUT2D eigenvalue weighted by Gasteiger charge is -2.09. The Morgan fingerprint density at radius 2 is 2.06 bits per heavy atom. The van der Waals surface area contributed by atoms with Crippen LogP contribution < -0.4 is 10.5 Å². The van der Waals surface area contributed by atoms with Crippen LogP contribution in [0.5, 0.6) is 5.75 Å². The lowest BCUT2D eigenvalue weighted by atomic mass is 10.1. The summed E-state index contributed by atoms with van der Waals surface area (Å²) in [5.74, 6) is -2.01. The van der Waals surface area contributed by atoms with Gasteiger partial charge in [-0.15, -0.1) is 0 Å². The van der Waals surface area contributed by atoms with E-state index in [9.17, 15) is 13.6 Å². The third-order valence-electron chi connectivity index (χ3n) is 2.31. The van der Waals surface area contributed by atoms with Gasteiger partial charge in [0.2, 0.25) is 0 Å². The molecule has 0 fully saturated rings. The molecule has 1 rings (SSSR count). The van der Waals surface area contributed by atoms with E-state index in [4.69, 9.17) is 10.5 Å². The van der Waals surface area contributed by atoms with Gasteiger partial charge in [0.1, 0.15) is 11.9 Å². The van der Waals surface area contributed by atoms with E-state index in [1.54, 1.807) is 0 Å². The summed E-state index contributed by atoms with van der Waals surface area (Å²) in [6.07, 6.45) is 0.0746. The number of nitrogens with two attached hydrogens (primary N) is 1. The molecule has 0 aromatic heterocycles. The lowest BCUT2D eigenvalue weighted by Crippen LogP contribution is -2.29. The van der Waals surface area contributed by atoms with Crippen LogP contribution in [0.1, 0.15) is 12.5 Å². The van der Waals surface area contributed by atoms with Crippen molar-refractivity contribution in [1.82, 2.24) is 0 Å². The first-order valence-electron chi connectivity index (χ1n) is 5.39. The summed E-state index contributed by atoms with van der Waals surface area (Å²) in [6.45, 7) is 1.43. The molecule has 4 nitrogen and oxygen atoms in total. The predicted octanol–water partition coefficient (Wildman–Crippen LogP) is 1.41. The van der Waals surface area contributed by atoms with Crippen LogP contribution in [0.15, 0.2) is 12.1 Å². The zero-order chi connectivity index (χ0) is 13.7. The van der Waals surface area contributed by atoms with E-state index in [2.05, 4.69) is 4.74 Å². The number of carbonyl (C=O) groups excluding carboxylic acids is 1. The molecule has 0 radical (unpaired) electrons. The van der Waals surface area contributed by atoms with Crippen molar-refractivity contribution >= 4 is 5.97 Å². The average molecular weight is 259 g/mol. The van der Waals surface area contributed by atoms with E-state index < -0.39 is 23.6 Å². The van der Waals surface area contributed by atoms with Crippen LogP contribution in [0.2, 0.25) is 0 Å². The summed E-state index contributed by atoms with van der Waals surface area (Å²) >= 11 is 0. The van der Waals surface area contributed by atoms with Gasteiger partial charge in [-0.25, -0.2) is 8.78 Å². The largest absolute Gasteiger partial charge is 0.494 e. The normalized spacial score (nSPS) is 12.1. The molecule has 0 amide bonds. The Bertz CT molecular complexity index is 436. The molecule has 0 bridgehead atoms. The van der Waals surface area contributed by atoms with Crippen molar-refractivity contribution in [3.05, 3.63) is 29.3 Å². The van der Waals surface area contributed by atoms with Crippen molar-refractivity contribution < 1.29 is 23.0 Å². The Kier molecular flexibility index (Phi) is 5.03. The lowest BCUT2D eigenvalue weighted by molar-refractivity contribution is -0.144. The van der Waals surface area contributed by atoms with Crippen molar-refractivity contribution in [2.45, 2.75) is 19.4 Å². The average Bonchev–Trinajstić information content (AvgIpc) is 2.32. The molecule has 2 N–H and O–H groups in total. The molecule has 18 heavy (non-hydrogen) atoms. The second kappa shape index (κ2) is 6.30. The van der Waals surface area contributed by atoms with Crippen molar-refractivity contribution in [3.63, 3.8) is 0 Å². The van der Waals surface area contributed by atoms with Gasteiger partial charge in [-0.1, -0.05) is 0 Å². The highest BCUT2D eigenvalue weighted by Gasteiger charge is 2.12.